The number of carbonyl (C=O) groups is 1. The Morgan fingerprint density at radius 3 is 3.00 bits per heavy atom. The Morgan fingerprint density at radius 2 is 2.40 bits per heavy atom. The van der Waals surface area contributed by atoms with Gasteiger partial charge in [0.2, 0.25) is 0 Å². The fraction of sp³-hybridized carbons (Fsp3) is 0.583. The SMILES string of the molecule is CC(O)CCn1ccc(C(=O)C2CC2)c1. The second-order valence-electron chi connectivity index (χ2n) is 4.41. The highest BCUT2D eigenvalue weighted by molar-refractivity contribution is 5.99. The highest BCUT2D eigenvalue weighted by Gasteiger charge is 2.30. The average Bonchev–Trinajstić information content (AvgIpc) is 2.93. The number of aryl methyl sites for hydroxylation is 1. The van der Waals surface area contributed by atoms with Gasteiger partial charge in [-0.1, -0.05) is 0 Å². The molecule has 0 saturated heterocycles. The maximum atomic E-state index is 11.7. The van der Waals surface area contributed by atoms with Crippen molar-refractivity contribution in [3.05, 3.63) is 24.0 Å². The molecule has 3 nitrogen and oxygen atoms in total. The second-order valence-corrected chi connectivity index (χ2v) is 4.41. The van der Waals surface area contributed by atoms with E-state index < -0.39 is 0 Å². The zero-order chi connectivity index (χ0) is 10.8. The molecular weight excluding hydrogens is 190 g/mol. The number of ketones is 1. The first-order chi connectivity index (χ1) is 7.16. The van der Waals surface area contributed by atoms with Crippen LogP contribution >= 0.6 is 0 Å². The van der Waals surface area contributed by atoms with Crippen LogP contribution in [0.4, 0.5) is 0 Å². The van der Waals surface area contributed by atoms with E-state index in [-0.39, 0.29) is 17.8 Å². The number of nitrogens with zero attached hydrogens (tertiary/aromatic N) is 1. The van der Waals surface area contributed by atoms with Gasteiger partial charge in [-0.2, -0.15) is 0 Å². The molecule has 0 aromatic carbocycles. The smallest absolute Gasteiger partial charge is 0.167 e. The van der Waals surface area contributed by atoms with Crippen molar-refractivity contribution in [3.63, 3.8) is 0 Å². The van der Waals surface area contributed by atoms with Crippen LogP contribution in [0.25, 0.3) is 0 Å². The van der Waals surface area contributed by atoms with Crippen molar-refractivity contribution < 1.29 is 9.90 Å². The summed E-state index contributed by atoms with van der Waals surface area (Å²) in [7, 11) is 0. The molecule has 15 heavy (non-hydrogen) atoms. The molecule has 0 aliphatic heterocycles. The Balaban J connectivity index is 1.94. The molecule has 0 amide bonds. The number of hydrogen-bond acceptors (Lipinski definition) is 2. The summed E-state index contributed by atoms with van der Waals surface area (Å²) < 4.78 is 1.97. The van der Waals surface area contributed by atoms with Crippen LogP contribution in [0, 0.1) is 5.92 Å². The zero-order valence-electron chi connectivity index (χ0n) is 9.02. The lowest BCUT2D eigenvalue weighted by molar-refractivity contribution is 0.0967. The molecule has 1 aliphatic carbocycles. The third-order valence-electron chi connectivity index (χ3n) is 2.79. The number of Topliss-reactive ketones (excluding diaryl/α,β-unsaturated/α-hetero) is 1. The van der Waals surface area contributed by atoms with Crippen LogP contribution in [0.15, 0.2) is 18.5 Å². The number of carbonyl (C=O) groups excluding carboxylic acids is 1. The van der Waals surface area contributed by atoms with Gasteiger partial charge in [-0.3, -0.25) is 4.79 Å². The molecular formula is C12H17NO2. The standard InChI is InChI=1S/C12H17NO2/c1-9(14)4-6-13-7-5-11(8-13)12(15)10-2-3-10/h5,7-10,14H,2-4,6H2,1H3. The van der Waals surface area contributed by atoms with Crippen LogP contribution in [-0.4, -0.2) is 21.6 Å². The second kappa shape index (κ2) is 4.19. The van der Waals surface area contributed by atoms with Crippen molar-refractivity contribution in [3.8, 4) is 0 Å². The van der Waals surface area contributed by atoms with Gasteiger partial charge in [-0.15, -0.1) is 0 Å². The van der Waals surface area contributed by atoms with Crippen LogP contribution in [0.1, 0.15) is 36.5 Å². The lowest BCUT2D eigenvalue weighted by atomic mass is 10.1. The van der Waals surface area contributed by atoms with Crippen LogP contribution in [0.2, 0.25) is 0 Å². The largest absolute Gasteiger partial charge is 0.393 e. The highest BCUT2D eigenvalue weighted by atomic mass is 16.3. The van der Waals surface area contributed by atoms with E-state index in [1.54, 1.807) is 6.92 Å². The summed E-state index contributed by atoms with van der Waals surface area (Å²) in [5.74, 6) is 0.573. The zero-order valence-corrected chi connectivity index (χ0v) is 9.02. The normalized spacial score (nSPS) is 17.7. The van der Waals surface area contributed by atoms with Gasteiger partial charge in [-0.25, -0.2) is 0 Å². The summed E-state index contributed by atoms with van der Waals surface area (Å²) in [6.07, 6.45) is 6.36. The molecule has 1 heterocycles. The third kappa shape index (κ3) is 2.69. The molecule has 0 bridgehead atoms. The number of hydrogen-bond donors (Lipinski definition) is 1. The van der Waals surface area contributed by atoms with E-state index in [2.05, 4.69) is 0 Å². The first kappa shape index (κ1) is 10.4. The van der Waals surface area contributed by atoms with Crippen molar-refractivity contribution in [1.82, 2.24) is 4.57 Å². The summed E-state index contributed by atoms with van der Waals surface area (Å²) in [4.78, 5) is 11.7. The molecule has 0 spiro atoms. The monoisotopic (exact) mass is 207 g/mol. The maximum Gasteiger partial charge on any atom is 0.167 e. The topological polar surface area (TPSA) is 42.2 Å². The van der Waals surface area contributed by atoms with E-state index >= 15 is 0 Å². The molecule has 82 valence electrons. The number of rotatable bonds is 5. The molecule has 2 rings (SSSR count). The van der Waals surface area contributed by atoms with E-state index in [1.807, 2.05) is 23.0 Å². The number of aliphatic hydroxyl groups is 1. The number of aromatic nitrogens is 1. The van der Waals surface area contributed by atoms with Crippen molar-refractivity contribution in [2.24, 2.45) is 5.92 Å². The Hall–Kier alpha value is -1.09. The Morgan fingerprint density at radius 1 is 1.67 bits per heavy atom. The van der Waals surface area contributed by atoms with Crippen molar-refractivity contribution in [2.75, 3.05) is 0 Å². The van der Waals surface area contributed by atoms with Gasteiger partial charge in [0.15, 0.2) is 5.78 Å². The van der Waals surface area contributed by atoms with E-state index in [0.717, 1.165) is 31.4 Å². The highest BCUT2D eigenvalue weighted by Crippen LogP contribution is 2.32. The molecule has 1 aromatic rings. The molecule has 0 radical (unpaired) electrons. The lowest BCUT2D eigenvalue weighted by Crippen LogP contribution is -2.05. The van der Waals surface area contributed by atoms with E-state index in [1.165, 1.54) is 0 Å². The summed E-state index contributed by atoms with van der Waals surface area (Å²) >= 11 is 0. The molecule has 1 aliphatic rings. The fourth-order valence-electron chi connectivity index (χ4n) is 1.64. The summed E-state index contributed by atoms with van der Waals surface area (Å²) in [5.41, 5.74) is 0.822. The van der Waals surface area contributed by atoms with E-state index in [0.29, 0.717) is 0 Å². The number of aliphatic hydroxyl groups excluding tert-OH is 1. The van der Waals surface area contributed by atoms with Crippen LogP contribution in [-0.2, 0) is 6.54 Å². The van der Waals surface area contributed by atoms with Crippen molar-refractivity contribution in [2.45, 2.75) is 38.8 Å². The Bertz CT molecular complexity index is 350. The quantitative estimate of drug-likeness (QED) is 0.749. The van der Waals surface area contributed by atoms with Gasteiger partial charge in [0, 0.05) is 30.4 Å². The minimum Gasteiger partial charge on any atom is -0.393 e. The predicted octanol–water partition coefficient (Wildman–Crippen LogP) is 1.85. The molecule has 1 atom stereocenters. The molecule has 3 heteroatoms. The first-order valence-electron chi connectivity index (χ1n) is 5.55. The Labute approximate surface area is 89.7 Å². The van der Waals surface area contributed by atoms with E-state index in [4.69, 9.17) is 5.11 Å². The molecule has 1 N–H and O–H groups in total. The average molecular weight is 207 g/mol. The van der Waals surface area contributed by atoms with Gasteiger partial charge < -0.3 is 9.67 Å². The van der Waals surface area contributed by atoms with E-state index in [9.17, 15) is 4.79 Å². The summed E-state index contributed by atoms with van der Waals surface area (Å²) in [5, 5.41) is 9.15. The van der Waals surface area contributed by atoms with Crippen LogP contribution in [0.5, 0.6) is 0 Å². The molecule has 1 fully saturated rings. The van der Waals surface area contributed by atoms with Crippen molar-refractivity contribution in [1.29, 1.82) is 0 Å². The maximum absolute atomic E-state index is 11.7. The minimum atomic E-state index is -0.282. The van der Waals surface area contributed by atoms with Gasteiger partial charge in [0.05, 0.1) is 6.10 Å². The third-order valence-corrected chi connectivity index (χ3v) is 2.79. The molecule has 1 aromatic heterocycles. The van der Waals surface area contributed by atoms with Gasteiger partial charge in [0.1, 0.15) is 0 Å². The lowest BCUT2D eigenvalue weighted by Gasteiger charge is -2.04. The predicted molar refractivity (Wildman–Crippen MR) is 57.8 cm³/mol. The first-order valence-corrected chi connectivity index (χ1v) is 5.55. The van der Waals surface area contributed by atoms with Gasteiger partial charge >= 0.3 is 0 Å². The summed E-state index contributed by atoms with van der Waals surface area (Å²) in [6, 6.07) is 1.88. The van der Waals surface area contributed by atoms with Gasteiger partial charge in [-0.05, 0) is 32.3 Å². The molecule has 1 saturated carbocycles. The van der Waals surface area contributed by atoms with Crippen molar-refractivity contribution >= 4 is 5.78 Å². The Kier molecular flexibility index (Phi) is 2.91. The molecule has 1 unspecified atom stereocenters. The van der Waals surface area contributed by atoms with Crippen LogP contribution in [0.3, 0.4) is 0 Å². The van der Waals surface area contributed by atoms with Crippen LogP contribution < -0.4 is 0 Å². The summed E-state index contributed by atoms with van der Waals surface area (Å²) in [6.45, 7) is 2.55. The fourth-order valence-corrected chi connectivity index (χ4v) is 1.64. The van der Waals surface area contributed by atoms with Gasteiger partial charge in [0.25, 0.3) is 0 Å². The minimum absolute atomic E-state index is 0.282.